The summed E-state index contributed by atoms with van der Waals surface area (Å²) < 4.78 is 7.53. The molecule has 1 saturated heterocycles. The molecule has 0 spiro atoms. The largest absolute Gasteiger partial charge is 0.471 e. The molecule has 134 valence electrons. The number of carbonyl (C=O) groups is 1. The SMILES string of the molecule is Cn1nc(-c2cccs2)cc1C(=O)N1CCCC(Oc2cccnn2)C1. The van der Waals surface area contributed by atoms with Gasteiger partial charge < -0.3 is 9.64 Å². The molecule has 4 rings (SSSR count). The van der Waals surface area contributed by atoms with E-state index in [0.29, 0.717) is 18.1 Å². The number of piperidine rings is 1. The van der Waals surface area contributed by atoms with E-state index in [2.05, 4.69) is 15.3 Å². The van der Waals surface area contributed by atoms with Crippen molar-refractivity contribution in [3.05, 3.63) is 47.6 Å². The summed E-state index contributed by atoms with van der Waals surface area (Å²) in [6, 6.07) is 9.42. The highest BCUT2D eigenvalue weighted by atomic mass is 32.1. The van der Waals surface area contributed by atoms with Crippen LogP contribution in [-0.4, -0.2) is 50.0 Å². The van der Waals surface area contributed by atoms with Crippen molar-refractivity contribution in [1.29, 1.82) is 0 Å². The third-order valence-electron chi connectivity index (χ3n) is 4.37. The molecule has 0 bridgehead atoms. The zero-order chi connectivity index (χ0) is 17.9. The third kappa shape index (κ3) is 3.45. The first-order chi connectivity index (χ1) is 12.7. The fraction of sp³-hybridized carbons (Fsp3) is 0.333. The Balaban J connectivity index is 1.47. The summed E-state index contributed by atoms with van der Waals surface area (Å²) in [7, 11) is 1.81. The van der Waals surface area contributed by atoms with Gasteiger partial charge in [-0.15, -0.1) is 16.4 Å². The molecule has 0 aliphatic carbocycles. The van der Waals surface area contributed by atoms with E-state index in [9.17, 15) is 4.79 Å². The molecule has 0 radical (unpaired) electrons. The van der Waals surface area contributed by atoms with Crippen molar-refractivity contribution in [2.45, 2.75) is 18.9 Å². The van der Waals surface area contributed by atoms with Gasteiger partial charge in [-0.1, -0.05) is 6.07 Å². The lowest BCUT2D eigenvalue weighted by atomic mass is 10.1. The highest BCUT2D eigenvalue weighted by Crippen LogP contribution is 2.25. The molecule has 4 heterocycles. The van der Waals surface area contributed by atoms with Crippen LogP contribution in [0.2, 0.25) is 0 Å². The van der Waals surface area contributed by atoms with Crippen LogP contribution in [0.4, 0.5) is 0 Å². The number of amides is 1. The summed E-state index contributed by atoms with van der Waals surface area (Å²) in [5.41, 5.74) is 1.42. The van der Waals surface area contributed by atoms with Gasteiger partial charge >= 0.3 is 0 Å². The average molecular weight is 369 g/mol. The Hall–Kier alpha value is -2.74. The maximum atomic E-state index is 13.0. The molecule has 0 N–H and O–H groups in total. The molecular weight excluding hydrogens is 350 g/mol. The maximum absolute atomic E-state index is 13.0. The first-order valence-electron chi connectivity index (χ1n) is 8.52. The maximum Gasteiger partial charge on any atom is 0.272 e. The lowest BCUT2D eigenvalue weighted by Gasteiger charge is -2.32. The van der Waals surface area contributed by atoms with Gasteiger partial charge in [0.1, 0.15) is 17.5 Å². The molecule has 26 heavy (non-hydrogen) atoms. The summed E-state index contributed by atoms with van der Waals surface area (Å²) in [5.74, 6) is 0.475. The van der Waals surface area contributed by atoms with Crippen LogP contribution >= 0.6 is 11.3 Å². The Labute approximate surface area is 155 Å². The van der Waals surface area contributed by atoms with Gasteiger partial charge in [-0.2, -0.15) is 10.2 Å². The predicted molar refractivity (Wildman–Crippen MR) is 98.1 cm³/mol. The molecule has 0 saturated carbocycles. The van der Waals surface area contributed by atoms with Crippen molar-refractivity contribution in [3.63, 3.8) is 0 Å². The average Bonchev–Trinajstić information content (AvgIpc) is 3.32. The Morgan fingerprint density at radius 2 is 2.27 bits per heavy atom. The summed E-state index contributed by atoms with van der Waals surface area (Å²) in [6.45, 7) is 1.26. The van der Waals surface area contributed by atoms with E-state index in [1.165, 1.54) is 0 Å². The number of carbonyl (C=O) groups excluding carboxylic acids is 1. The van der Waals surface area contributed by atoms with E-state index in [4.69, 9.17) is 4.74 Å². The van der Waals surface area contributed by atoms with Gasteiger partial charge in [0.2, 0.25) is 5.88 Å². The number of aromatic nitrogens is 4. The van der Waals surface area contributed by atoms with Crippen molar-refractivity contribution in [3.8, 4) is 16.5 Å². The Morgan fingerprint density at radius 3 is 3.04 bits per heavy atom. The fourth-order valence-corrected chi connectivity index (χ4v) is 3.80. The fourth-order valence-electron chi connectivity index (χ4n) is 3.11. The minimum absolute atomic E-state index is 0.0183. The minimum atomic E-state index is -0.0746. The summed E-state index contributed by atoms with van der Waals surface area (Å²) >= 11 is 1.61. The Kier molecular flexibility index (Phi) is 4.66. The van der Waals surface area contributed by atoms with Crippen molar-refractivity contribution in [1.82, 2.24) is 24.9 Å². The molecule has 1 fully saturated rings. The van der Waals surface area contributed by atoms with Crippen LogP contribution < -0.4 is 4.74 Å². The van der Waals surface area contributed by atoms with Crippen LogP contribution in [0.3, 0.4) is 0 Å². The van der Waals surface area contributed by atoms with Crippen LogP contribution in [0.25, 0.3) is 10.6 Å². The van der Waals surface area contributed by atoms with Crippen molar-refractivity contribution >= 4 is 17.2 Å². The first kappa shape index (κ1) is 16.7. The molecule has 1 aliphatic rings. The topological polar surface area (TPSA) is 73.1 Å². The van der Waals surface area contributed by atoms with Gasteiger partial charge in [0.05, 0.1) is 11.4 Å². The zero-order valence-electron chi connectivity index (χ0n) is 14.4. The summed E-state index contributed by atoms with van der Waals surface area (Å²) in [4.78, 5) is 15.9. The molecule has 1 atom stereocenters. The van der Waals surface area contributed by atoms with Crippen molar-refractivity contribution in [2.24, 2.45) is 7.05 Å². The molecule has 1 amide bonds. The summed E-state index contributed by atoms with van der Waals surface area (Å²) in [6.07, 6.45) is 3.32. The Morgan fingerprint density at radius 1 is 1.35 bits per heavy atom. The van der Waals surface area contributed by atoms with Gasteiger partial charge in [0.15, 0.2) is 0 Å². The van der Waals surface area contributed by atoms with Crippen LogP contribution in [0, 0.1) is 0 Å². The Bertz CT molecular complexity index is 878. The molecule has 1 unspecified atom stereocenters. The number of thiophene rings is 1. The number of hydrogen-bond acceptors (Lipinski definition) is 6. The molecular formula is C18H19N5O2S. The van der Waals surface area contributed by atoms with E-state index in [0.717, 1.165) is 30.0 Å². The quantitative estimate of drug-likeness (QED) is 0.707. The van der Waals surface area contributed by atoms with Gasteiger partial charge in [-0.3, -0.25) is 9.48 Å². The number of rotatable bonds is 4. The van der Waals surface area contributed by atoms with Crippen LogP contribution in [0.15, 0.2) is 41.9 Å². The van der Waals surface area contributed by atoms with Gasteiger partial charge in [-0.05, 0) is 36.4 Å². The standard InChI is InChI=1S/C18H19N5O2S/c1-22-15(11-14(21-22)16-6-4-10-26-16)18(24)23-9-3-5-13(12-23)25-17-7-2-8-19-20-17/h2,4,6-8,10-11,13H,3,5,9,12H2,1H3. The predicted octanol–water partition coefficient (Wildman–Crippen LogP) is 2.62. The molecule has 8 heteroatoms. The number of likely N-dealkylation sites (tertiary alicyclic amines) is 1. The van der Waals surface area contributed by atoms with Crippen LogP contribution in [-0.2, 0) is 7.05 Å². The number of aryl methyl sites for hydroxylation is 1. The lowest BCUT2D eigenvalue weighted by Crippen LogP contribution is -2.45. The second-order valence-electron chi connectivity index (χ2n) is 6.21. The van der Waals surface area contributed by atoms with Gasteiger partial charge in [0.25, 0.3) is 5.91 Å². The second kappa shape index (κ2) is 7.25. The third-order valence-corrected chi connectivity index (χ3v) is 5.27. The highest BCUT2D eigenvalue weighted by Gasteiger charge is 2.28. The first-order valence-corrected chi connectivity index (χ1v) is 9.40. The van der Waals surface area contributed by atoms with E-state index < -0.39 is 0 Å². The van der Waals surface area contributed by atoms with Crippen LogP contribution in [0.5, 0.6) is 5.88 Å². The number of hydrogen-bond donors (Lipinski definition) is 0. The number of nitrogens with zero attached hydrogens (tertiary/aromatic N) is 5. The van der Waals surface area contributed by atoms with Gasteiger partial charge in [-0.25, -0.2) is 0 Å². The van der Waals surface area contributed by atoms with Crippen molar-refractivity contribution < 1.29 is 9.53 Å². The highest BCUT2D eigenvalue weighted by molar-refractivity contribution is 7.13. The minimum Gasteiger partial charge on any atom is -0.471 e. The van der Waals surface area contributed by atoms with E-state index >= 15 is 0 Å². The molecule has 1 aliphatic heterocycles. The smallest absolute Gasteiger partial charge is 0.272 e. The normalized spacial score (nSPS) is 17.3. The van der Waals surface area contributed by atoms with Gasteiger partial charge in [0, 0.05) is 25.9 Å². The second-order valence-corrected chi connectivity index (χ2v) is 7.16. The van der Waals surface area contributed by atoms with E-state index in [1.54, 1.807) is 34.3 Å². The lowest BCUT2D eigenvalue weighted by molar-refractivity contribution is 0.0516. The monoisotopic (exact) mass is 369 g/mol. The van der Waals surface area contributed by atoms with E-state index in [1.807, 2.05) is 35.5 Å². The number of ether oxygens (including phenoxy) is 1. The molecule has 3 aromatic rings. The molecule has 7 nitrogen and oxygen atoms in total. The molecule has 0 aromatic carbocycles. The van der Waals surface area contributed by atoms with Crippen molar-refractivity contribution in [2.75, 3.05) is 13.1 Å². The van der Waals surface area contributed by atoms with E-state index in [-0.39, 0.29) is 12.0 Å². The molecule has 3 aromatic heterocycles. The van der Waals surface area contributed by atoms with Crippen LogP contribution in [0.1, 0.15) is 23.3 Å². The zero-order valence-corrected chi connectivity index (χ0v) is 15.2. The summed E-state index contributed by atoms with van der Waals surface area (Å²) in [5, 5.41) is 14.3.